The summed E-state index contributed by atoms with van der Waals surface area (Å²) in [6.45, 7) is 3.80. The van der Waals surface area contributed by atoms with Gasteiger partial charge in [0.15, 0.2) is 9.84 Å². The third kappa shape index (κ3) is 1.87. The SMILES string of the molecule is Cc1ccc(N2C(=O)CS(=O)(=O)[C@]23C(=O)Nc2ccccc23)cc1C. The van der Waals surface area contributed by atoms with Crippen molar-refractivity contribution in [2.45, 2.75) is 18.7 Å². The molecule has 128 valence electrons. The number of aryl methyl sites for hydroxylation is 2. The molecule has 6 nitrogen and oxygen atoms in total. The fourth-order valence-electron chi connectivity index (χ4n) is 3.58. The van der Waals surface area contributed by atoms with Gasteiger partial charge in [-0.3, -0.25) is 14.5 Å². The molecule has 1 spiro atoms. The Morgan fingerprint density at radius 1 is 1.04 bits per heavy atom. The quantitative estimate of drug-likeness (QED) is 0.845. The number of hydrogen-bond donors (Lipinski definition) is 1. The van der Waals surface area contributed by atoms with E-state index in [2.05, 4.69) is 5.32 Å². The number of para-hydroxylation sites is 1. The van der Waals surface area contributed by atoms with Gasteiger partial charge in [-0.1, -0.05) is 24.3 Å². The second-order valence-electron chi connectivity index (χ2n) is 6.40. The van der Waals surface area contributed by atoms with Crippen LogP contribution < -0.4 is 10.2 Å². The van der Waals surface area contributed by atoms with Crippen molar-refractivity contribution in [2.24, 2.45) is 0 Å². The van der Waals surface area contributed by atoms with Crippen LogP contribution in [0.4, 0.5) is 11.4 Å². The zero-order valence-corrected chi connectivity index (χ0v) is 14.6. The van der Waals surface area contributed by atoms with Crippen molar-refractivity contribution in [3.05, 3.63) is 59.2 Å². The highest BCUT2D eigenvalue weighted by Crippen LogP contribution is 2.50. The first-order valence-electron chi connectivity index (χ1n) is 7.82. The van der Waals surface area contributed by atoms with Crippen LogP contribution in [0.5, 0.6) is 0 Å². The van der Waals surface area contributed by atoms with Crippen LogP contribution in [0.1, 0.15) is 16.7 Å². The van der Waals surface area contributed by atoms with Gasteiger partial charge in [-0.25, -0.2) is 8.42 Å². The van der Waals surface area contributed by atoms with Crippen molar-refractivity contribution < 1.29 is 18.0 Å². The maximum Gasteiger partial charge on any atom is 0.271 e. The lowest BCUT2D eigenvalue weighted by Gasteiger charge is -2.32. The minimum Gasteiger partial charge on any atom is -0.322 e. The second-order valence-corrected chi connectivity index (χ2v) is 8.51. The number of anilines is 2. The van der Waals surface area contributed by atoms with E-state index < -0.39 is 32.3 Å². The molecule has 2 aliphatic rings. The molecule has 1 fully saturated rings. The van der Waals surface area contributed by atoms with Crippen LogP contribution in [0.2, 0.25) is 0 Å². The molecule has 1 N–H and O–H groups in total. The van der Waals surface area contributed by atoms with E-state index in [9.17, 15) is 18.0 Å². The lowest BCUT2D eigenvalue weighted by molar-refractivity contribution is -0.122. The number of fused-ring (bicyclic) bond motifs is 2. The summed E-state index contributed by atoms with van der Waals surface area (Å²) >= 11 is 0. The summed E-state index contributed by atoms with van der Waals surface area (Å²) in [4.78, 5) is 24.6. The number of nitrogens with zero attached hydrogens (tertiary/aromatic N) is 1. The molecule has 2 aromatic rings. The maximum atomic E-state index is 13.0. The molecular formula is C18H16N2O4S. The zero-order valence-electron chi connectivity index (χ0n) is 13.7. The molecular weight excluding hydrogens is 340 g/mol. The molecule has 0 unspecified atom stereocenters. The third-order valence-electron chi connectivity index (χ3n) is 4.92. The Balaban J connectivity index is 2.05. The summed E-state index contributed by atoms with van der Waals surface area (Å²) in [6, 6.07) is 11.8. The van der Waals surface area contributed by atoms with Gasteiger partial charge >= 0.3 is 0 Å². The summed E-state index contributed by atoms with van der Waals surface area (Å²) in [5.74, 6) is -2.00. The summed E-state index contributed by atoms with van der Waals surface area (Å²) in [5, 5.41) is 2.62. The number of amides is 2. The molecule has 0 bridgehead atoms. The van der Waals surface area contributed by atoms with Crippen LogP contribution in [0.15, 0.2) is 42.5 Å². The van der Waals surface area contributed by atoms with E-state index >= 15 is 0 Å². The number of carbonyl (C=O) groups excluding carboxylic acids is 2. The molecule has 0 radical (unpaired) electrons. The fraction of sp³-hybridized carbons (Fsp3) is 0.222. The molecule has 4 rings (SSSR count). The summed E-state index contributed by atoms with van der Waals surface area (Å²) < 4.78 is 26.0. The standard InChI is InChI=1S/C18H16N2O4S/c1-11-7-8-13(9-12(11)2)20-16(21)10-25(23,24)18(20)14-5-3-4-6-15(14)19-17(18)22/h3-9H,10H2,1-2H3,(H,19,22)/t18-/m1/s1. The first kappa shape index (κ1) is 15.8. The van der Waals surface area contributed by atoms with Crippen molar-refractivity contribution in [1.29, 1.82) is 0 Å². The van der Waals surface area contributed by atoms with E-state index in [0.29, 0.717) is 16.9 Å². The van der Waals surface area contributed by atoms with Gasteiger partial charge in [0.05, 0.1) is 0 Å². The molecule has 25 heavy (non-hydrogen) atoms. The molecule has 1 atom stereocenters. The van der Waals surface area contributed by atoms with Gasteiger partial charge in [0.25, 0.3) is 10.8 Å². The van der Waals surface area contributed by atoms with Gasteiger partial charge in [-0.2, -0.15) is 0 Å². The van der Waals surface area contributed by atoms with E-state index in [1.807, 2.05) is 19.9 Å². The number of nitrogens with one attached hydrogen (secondary N) is 1. The first-order chi connectivity index (χ1) is 11.8. The summed E-state index contributed by atoms with van der Waals surface area (Å²) in [7, 11) is -4.05. The Labute approximate surface area is 145 Å². The Morgan fingerprint density at radius 2 is 1.76 bits per heavy atom. The minimum absolute atomic E-state index is 0.295. The second kappa shape index (κ2) is 4.92. The molecule has 0 aromatic heterocycles. The van der Waals surface area contributed by atoms with Gasteiger partial charge in [0, 0.05) is 16.9 Å². The van der Waals surface area contributed by atoms with Crippen LogP contribution in [-0.2, 0) is 24.3 Å². The summed E-state index contributed by atoms with van der Waals surface area (Å²) in [6.07, 6.45) is 0. The minimum atomic E-state index is -4.05. The predicted molar refractivity (Wildman–Crippen MR) is 93.9 cm³/mol. The van der Waals surface area contributed by atoms with Gasteiger partial charge < -0.3 is 5.32 Å². The number of sulfone groups is 1. The number of benzene rings is 2. The smallest absolute Gasteiger partial charge is 0.271 e. The highest BCUT2D eigenvalue weighted by Gasteiger charge is 2.67. The molecule has 2 aliphatic heterocycles. The highest BCUT2D eigenvalue weighted by molar-refractivity contribution is 7.94. The van der Waals surface area contributed by atoms with Crippen molar-refractivity contribution in [3.8, 4) is 0 Å². The van der Waals surface area contributed by atoms with E-state index in [0.717, 1.165) is 16.0 Å². The molecule has 2 heterocycles. The number of carbonyl (C=O) groups is 2. The summed E-state index contributed by atoms with van der Waals surface area (Å²) in [5.41, 5.74) is 3.05. The Bertz CT molecular complexity index is 1040. The van der Waals surface area contributed by atoms with Crippen molar-refractivity contribution in [1.82, 2.24) is 0 Å². The van der Waals surface area contributed by atoms with Gasteiger partial charge in [0.1, 0.15) is 5.75 Å². The lowest BCUT2D eigenvalue weighted by Crippen LogP contribution is -2.52. The Morgan fingerprint density at radius 3 is 2.48 bits per heavy atom. The van der Waals surface area contributed by atoms with Crippen LogP contribution in [0, 0.1) is 13.8 Å². The van der Waals surface area contributed by atoms with E-state index in [4.69, 9.17) is 0 Å². The Kier molecular flexibility index (Phi) is 3.12. The van der Waals surface area contributed by atoms with Crippen LogP contribution >= 0.6 is 0 Å². The predicted octanol–water partition coefficient (Wildman–Crippen LogP) is 1.87. The lowest BCUT2D eigenvalue weighted by atomic mass is 10.0. The van der Waals surface area contributed by atoms with E-state index in [1.54, 1.807) is 36.4 Å². The van der Waals surface area contributed by atoms with Crippen LogP contribution in [0.3, 0.4) is 0 Å². The first-order valence-corrected chi connectivity index (χ1v) is 9.48. The van der Waals surface area contributed by atoms with Gasteiger partial charge in [-0.15, -0.1) is 0 Å². The van der Waals surface area contributed by atoms with Gasteiger partial charge in [-0.05, 0) is 43.2 Å². The van der Waals surface area contributed by atoms with Crippen molar-refractivity contribution >= 4 is 33.0 Å². The van der Waals surface area contributed by atoms with Crippen molar-refractivity contribution in [3.63, 3.8) is 0 Å². The highest BCUT2D eigenvalue weighted by atomic mass is 32.2. The average molecular weight is 356 g/mol. The normalized spacial score (nSPS) is 23.8. The molecule has 2 amide bonds. The molecule has 2 aromatic carbocycles. The average Bonchev–Trinajstić information content (AvgIpc) is 2.95. The topological polar surface area (TPSA) is 83.6 Å². The van der Waals surface area contributed by atoms with E-state index in [-0.39, 0.29) is 0 Å². The zero-order chi connectivity index (χ0) is 18.0. The van der Waals surface area contributed by atoms with Crippen molar-refractivity contribution in [2.75, 3.05) is 16.0 Å². The molecule has 7 heteroatoms. The maximum absolute atomic E-state index is 13.0. The fourth-order valence-corrected chi connectivity index (χ4v) is 5.58. The molecule has 0 aliphatic carbocycles. The largest absolute Gasteiger partial charge is 0.322 e. The number of rotatable bonds is 1. The van der Waals surface area contributed by atoms with Gasteiger partial charge in [0.2, 0.25) is 5.91 Å². The molecule has 0 saturated carbocycles. The monoisotopic (exact) mass is 356 g/mol. The van der Waals surface area contributed by atoms with Crippen LogP contribution in [-0.4, -0.2) is 26.0 Å². The Hall–Kier alpha value is -2.67. The van der Waals surface area contributed by atoms with E-state index in [1.165, 1.54) is 0 Å². The third-order valence-corrected chi connectivity index (χ3v) is 7.04. The molecule has 1 saturated heterocycles. The van der Waals surface area contributed by atoms with Crippen LogP contribution in [0.25, 0.3) is 0 Å². The number of hydrogen-bond acceptors (Lipinski definition) is 4.